The topological polar surface area (TPSA) is 58.2 Å². The van der Waals surface area contributed by atoms with Crippen molar-refractivity contribution >= 4 is 45.2 Å². The van der Waals surface area contributed by atoms with E-state index in [2.05, 4.69) is 26.6 Å². The van der Waals surface area contributed by atoms with Gasteiger partial charge in [-0.1, -0.05) is 28.1 Å². The van der Waals surface area contributed by atoms with E-state index in [0.29, 0.717) is 11.4 Å². The number of hydrogen-bond acceptors (Lipinski definition) is 2. The van der Waals surface area contributed by atoms with Crippen LogP contribution >= 0.6 is 15.9 Å². The summed E-state index contributed by atoms with van der Waals surface area (Å²) < 4.78 is 0.962. The molecule has 0 fully saturated rings. The molecule has 4 nitrogen and oxygen atoms in total. The third kappa shape index (κ3) is 5.18. The van der Waals surface area contributed by atoms with Crippen LogP contribution in [0.5, 0.6) is 0 Å². The lowest BCUT2D eigenvalue weighted by atomic mass is 10.2. The average molecular weight is 359 g/mol. The summed E-state index contributed by atoms with van der Waals surface area (Å²) in [6.45, 7) is 1.45. The minimum Gasteiger partial charge on any atom is -0.326 e. The summed E-state index contributed by atoms with van der Waals surface area (Å²) in [4.78, 5) is 22.8. The van der Waals surface area contributed by atoms with Gasteiger partial charge in [0.05, 0.1) is 0 Å². The molecular weight excluding hydrogens is 344 g/mol. The van der Waals surface area contributed by atoms with Crippen molar-refractivity contribution in [2.45, 2.75) is 6.92 Å². The van der Waals surface area contributed by atoms with Crippen LogP contribution in [0.2, 0.25) is 0 Å². The van der Waals surface area contributed by atoms with E-state index in [9.17, 15) is 9.59 Å². The fourth-order valence-corrected chi connectivity index (χ4v) is 2.22. The van der Waals surface area contributed by atoms with Crippen LogP contribution in [0.4, 0.5) is 11.4 Å². The molecule has 2 N–H and O–H groups in total. The molecule has 0 aromatic heterocycles. The summed E-state index contributed by atoms with van der Waals surface area (Å²) in [7, 11) is 0. The molecule has 5 heteroatoms. The largest absolute Gasteiger partial charge is 0.326 e. The third-order valence-electron chi connectivity index (χ3n) is 2.75. The zero-order valence-corrected chi connectivity index (χ0v) is 13.6. The molecule has 0 aliphatic heterocycles. The molecule has 2 amide bonds. The van der Waals surface area contributed by atoms with Crippen molar-refractivity contribution in [2.75, 3.05) is 10.6 Å². The van der Waals surface area contributed by atoms with Gasteiger partial charge in [-0.05, 0) is 48.0 Å². The standard InChI is InChI=1S/C17H15BrN2O2/c1-12(21)19-15-6-8-16(9-7-15)20-17(22)10-5-13-3-2-4-14(18)11-13/h2-11H,1H3,(H,19,21)(H,20,22)/b10-5+. The molecular formula is C17H15BrN2O2. The fraction of sp³-hybridized carbons (Fsp3) is 0.0588. The van der Waals surface area contributed by atoms with Gasteiger partial charge in [0, 0.05) is 28.8 Å². The Bertz CT molecular complexity index is 709. The van der Waals surface area contributed by atoms with Crippen LogP contribution in [0.15, 0.2) is 59.1 Å². The van der Waals surface area contributed by atoms with Gasteiger partial charge in [-0.3, -0.25) is 9.59 Å². The van der Waals surface area contributed by atoms with E-state index in [1.54, 1.807) is 30.3 Å². The average Bonchev–Trinajstić information content (AvgIpc) is 2.47. The van der Waals surface area contributed by atoms with E-state index in [1.165, 1.54) is 13.0 Å². The van der Waals surface area contributed by atoms with Crippen molar-refractivity contribution in [1.29, 1.82) is 0 Å². The first-order chi connectivity index (χ1) is 10.5. The number of amides is 2. The number of benzene rings is 2. The van der Waals surface area contributed by atoms with Crippen LogP contribution < -0.4 is 10.6 Å². The second kappa shape index (κ2) is 7.56. The van der Waals surface area contributed by atoms with E-state index < -0.39 is 0 Å². The maximum Gasteiger partial charge on any atom is 0.248 e. The molecule has 0 heterocycles. The molecule has 0 saturated carbocycles. The molecule has 22 heavy (non-hydrogen) atoms. The van der Waals surface area contributed by atoms with Crippen molar-refractivity contribution in [3.63, 3.8) is 0 Å². The van der Waals surface area contributed by atoms with E-state index in [1.807, 2.05) is 24.3 Å². The number of rotatable bonds is 4. The highest BCUT2D eigenvalue weighted by atomic mass is 79.9. The molecule has 112 valence electrons. The number of halogens is 1. The highest BCUT2D eigenvalue weighted by molar-refractivity contribution is 9.10. The Morgan fingerprint density at radius 2 is 1.64 bits per heavy atom. The minimum absolute atomic E-state index is 0.131. The predicted octanol–water partition coefficient (Wildman–Crippen LogP) is 4.06. The Labute approximate surface area is 137 Å². The van der Waals surface area contributed by atoms with Crippen LogP contribution in [0, 0.1) is 0 Å². The van der Waals surface area contributed by atoms with Gasteiger partial charge < -0.3 is 10.6 Å². The Morgan fingerprint density at radius 1 is 1.00 bits per heavy atom. The SMILES string of the molecule is CC(=O)Nc1ccc(NC(=O)/C=C/c2cccc(Br)c2)cc1. The van der Waals surface area contributed by atoms with Crippen LogP contribution in [-0.2, 0) is 9.59 Å². The van der Waals surface area contributed by atoms with Gasteiger partial charge in [-0.2, -0.15) is 0 Å². The van der Waals surface area contributed by atoms with E-state index in [4.69, 9.17) is 0 Å². The molecule has 0 spiro atoms. The van der Waals surface area contributed by atoms with Gasteiger partial charge in [0.1, 0.15) is 0 Å². The van der Waals surface area contributed by atoms with Crippen molar-refractivity contribution in [3.8, 4) is 0 Å². The zero-order chi connectivity index (χ0) is 15.9. The molecule has 0 atom stereocenters. The maximum absolute atomic E-state index is 11.9. The maximum atomic E-state index is 11.9. The van der Waals surface area contributed by atoms with E-state index in [-0.39, 0.29) is 11.8 Å². The van der Waals surface area contributed by atoms with Crippen LogP contribution in [-0.4, -0.2) is 11.8 Å². The van der Waals surface area contributed by atoms with E-state index >= 15 is 0 Å². The number of anilines is 2. The molecule has 2 rings (SSSR count). The van der Waals surface area contributed by atoms with Crippen LogP contribution in [0.1, 0.15) is 12.5 Å². The Balaban J connectivity index is 1.95. The molecule has 0 radical (unpaired) electrons. The smallest absolute Gasteiger partial charge is 0.248 e. The Morgan fingerprint density at radius 3 is 2.23 bits per heavy atom. The number of carbonyl (C=O) groups is 2. The van der Waals surface area contributed by atoms with Gasteiger partial charge >= 0.3 is 0 Å². The van der Waals surface area contributed by atoms with Crippen molar-refractivity contribution in [3.05, 3.63) is 64.6 Å². The monoisotopic (exact) mass is 358 g/mol. The Kier molecular flexibility index (Phi) is 5.49. The number of carbonyl (C=O) groups excluding carboxylic acids is 2. The van der Waals surface area contributed by atoms with Crippen molar-refractivity contribution in [2.24, 2.45) is 0 Å². The van der Waals surface area contributed by atoms with Gasteiger partial charge in [-0.15, -0.1) is 0 Å². The summed E-state index contributed by atoms with van der Waals surface area (Å²) in [5.74, 6) is -0.346. The first-order valence-corrected chi connectivity index (χ1v) is 7.44. The first kappa shape index (κ1) is 16.0. The molecule has 0 aliphatic carbocycles. The van der Waals surface area contributed by atoms with Crippen LogP contribution in [0.3, 0.4) is 0 Å². The van der Waals surface area contributed by atoms with Gasteiger partial charge in [0.2, 0.25) is 11.8 Å². The van der Waals surface area contributed by atoms with E-state index in [0.717, 1.165) is 10.0 Å². The fourth-order valence-electron chi connectivity index (χ4n) is 1.81. The number of hydrogen-bond donors (Lipinski definition) is 2. The molecule has 2 aromatic carbocycles. The first-order valence-electron chi connectivity index (χ1n) is 6.65. The highest BCUT2D eigenvalue weighted by Gasteiger charge is 1.99. The lowest BCUT2D eigenvalue weighted by Crippen LogP contribution is -2.08. The number of nitrogens with one attached hydrogen (secondary N) is 2. The molecule has 0 saturated heterocycles. The zero-order valence-electron chi connectivity index (χ0n) is 12.0. The van der Waals surface area contributed by atoms with Crippen molar-refractivity contribution in [1.82, 2.24) is 0 Å². The minimum atomic E-state index is -0.216. The summed E-state index contributed by atoms with van der Waals surface area (Å²) >= 11 is 3.38. The predicted molar refractivity (Wildman–Crippen MR) is 92.6 cm³/mol. The summed E-state index contributed by atoms with van der Waals surface area (Å²) in [6, 6.07) is 14.6. The lowest BCUT2D eigenvalue weighted by molar-refractivity contribution is -0.114. The van der Waals surface area contributed by atoms with Crippen LogP contribution in [0.25, 0.3) is 6.08 Å². The van der Waals surface area contributed by atoms with Gasteiger partial charge in [-0.25, -0.2) is 0 Å². The Hall–Kier alpha value is -2.40. The lowest BCUT2D eigenvalue weighted by Gasteiger charge is -2.05. The highest BCUT2D eigenvalue weighted by Crippen LogP contribution is 2.15. The normalized spacial score (nSPS) is 10.5. The molecule has 0 aliphatic rings. The summed E-state index contributed by atoms with van der Waals surface area (Å²) in [5.41, 5.74) is 2.29. The quantitative estimate of drug-likeness (QED) is 0.809. The third-order valence-corrected chi connectivity index (χ3v) is 3.24. The van der Waals surface area contributed by atoms with Gasteiger partial charge in [0.25, 0.3) is 0 Å². The van der Waals surface area contributed by atoms with Gasteiger partial charge in [0.15, 0.2) is 0 Å². The molecule has 0 unspecified atom stereocenters. The summed E-state index contributed by atoms with van der Waals surface area (Å²) in [5, 5.41) is 5.42. The summed E-state index contributed by atoms with van der Waals surface area (Å²) in [6.07, 6.45) is 3.22. The molecule has 2 aromatic rings. The second-order valence-electron chi connectivity index (χ2n) is 4.64. The second-order valence-corrected chi connectivity index (χ2v) is 5.55. The molecule has 0 bridgehead atoms. The van der Waals surface area contributed by atoms with Crippen molar-refractivity contribution < 1.29 is 9.59 Å².